The third-order valence-corrected chi connectivity index (χ3v) is 4.62. The monoisotopic (exact) mass is 388 g/mol. The molecule has 1 atom stereocenters. The van der Waals surface area contributed by atoms with E-state index in [9.17, 15) is 9.59 Å². The van der Waals surface area contributed by atoms with Crippen molar-refractivity contribution in [2.45, 2.75) is 25.3 Å². The number of carbonyl (C=O) groups is 2. The summed E-state index contributed by atoms with van der Waals surface area (Å²) >= 11 is 0. The third kappa shape index (κ3) is 6.50. The van der Waals surface area contributed by atoms with Crippen LogP contribution in [0.5, 0.6) is 0 Å². The molecule has 0 aliphatic heterocycles. The molecular weight excluding hydrogens is 364 g/mol. The molecule has 0 fully saturated rings. The van der Waals surface area contributed by atoms with Crippen LogP contribution in [0.1, 0.15) is 18.4 Å². The highest BCUT2D eigenvalue weighted by Crippen LogP contribution is 2.21. The van der Waals surface area contributed by atoms with Gasteiger partial charge in [0.15, 0.2) is 0 Å². The van der Waals surface area contributed by atoms with Crippen LogP contribution < -0.4 is 10.6 Å². The maximum Gasteiger partial charge on any atom is 0.319 e. The van der Waals surface area contributed by atoms with Crippen LogP contribution in [0.25, 0.3) is 11.1 Å². The number of carbonyl (C=O) groups excluding carboxylic acids is 1. The summed E-state index contributed by atoms with van der Waals surface area (Å²) in [5, 5.41) is 14.7. The molecule has 0 radical (unpaired) electrons. The number of amides is 2. The van der Waals surface area contributed by atoms with Crippen LogP contribution in [0, 0.1) is 0 Å². The van der Waals surface area contributed by atoms with Crippen molar-refractivity contribution in [3.05, 3.63) is 90.5 Å². The van der Waals surface area contributed by atoms with E-state index in [1.54, 1.807) is 0 Å². The Bertz CT molecular complexity index is 925. The van der Waals surface area contributed by atoms with Gasteiger partial charge in [0.2, 0.25) is 0 Å². The number of carboxylic acid groups (broad SMARTS) is 1. The second kappa shape index (κ2) is 10.1. The number of carboxylic acids is 1. The molecule has 5 nitrogen and oxygen atoms in total. The van der Waals surface area contributed by atoms with E-state index in [1.165, 1.54) is 0 Å². The molecule has 0 saturated carbocycles. The summed E-state index contributed by atoms with van der Waals surface area (Å²) in [5.41, 5.74) is 3.91. The SMILES string of the molecule is O=C(O)CC[C@H](Cc1ccccc1)NC(=O)Nc1ccc(-c2ccccc2)cc1. The van der Waals surface area contributed by atoms with Gasteiger partial charge in [-0.3, -0.25) is 4.79 Å². The lowest BCUT2D eigenvalue weighted by atomic mass is 10.0. The lowest BCUT2D eigenvalue weighted by molar-refractivity contribution is -0.137. The Morgan fingerprint density at radius 1 is 0.793 bits per heavy atom. The molecule has 0 bridgehead atoms. The number of anilines is 1. The topological polar surface area (TPSA) is 78.4 Å². The number of rotatable bonds is 8. The minimum atomic E-state index is -0.873. The molecule has 0 heterocycles. The van der Waals surface area contributed by atoms with Gasteiger partial charge >= 0.3 is 12.0 Å². The zero-order valence-electron chi connectivity index (χ0n) is 16.0. The molecular formula is C24H24N2O3. The van der Waals surface area contributed by atoms with Gasteiger partial charge in [0.1, 0.15) is 0 Å². The highest BCUT2D eigenvalue weighted by atomic mass is 16.4. The average molecular weight is 388 g/mol. The molecule has 0 aromatic heterocycles. The van der Waals surface area contributed by atoms with Crippen molar-refractivity contribution < 1.29 is 14.7 Å². The van der Waals surface area contributed by atoms with Gasteiger partial charge in [-0.2, -0.15) is 0 Å². The van der Waals surface area contributed by atoms with Crippen molar-refractivity contribution in [2.75, 3.05) is 5.32 Å². The van der Waals surface area contributed by atoms with Gasteiger partial charge in [-0.05, 0) is 41.7 Å². The van der Waals surface area contributed by atoms with E-state index < -0.39 is 5.97 Å². The molecule has 29 heavy (non-hydrogen) atoms. The van der Waals surface area contributed by atoms with Crippen LogP contribution in [0.15, 0.2) is 84.9 Å². The molecule has 0 aliphatic rings. The number of nitrogens with one attached hydrogen (secondary N) is 2. The molecule has 3 rings (SSSR count). The van der Waals surface area contributed by atoms with Crippen molar-refractivity contribution in [3.63, 3.8) is 0 Å². The molecule has 0 unspecified atom stereocenters. The summed E-state index contributed by atoms with van der Waals surface area (Å²) in [6, 6.07) is 26.7. The van der Waals surface area contributed by atoms with Gasteiger partial charge in [0.05, 0.1) is 0 Å². The summed E-state index contributed by atoms with van der Waals surface area (Å²) in [6.45, 7) is 0. The number of aliphatic carboxylic acids is 1. The number of benzene rings is 3. The molecule has 2 amide bonds. The first-order chi connectivity index (χ1) is 14.1. The minimum Gasteiger partial charge on any atom is -0.481 e. The minimum absolute atomic E-state index is 0.00352. The fraction of sp³-hybridized carbons (Fsp3) is 0.167. The van der Waals surface area contributed by atoms with Gasteiger partial charge < -0.3 is 15.7 Å². The predicted octanol–water partition coefficient (Wildman–Crippen LogP) is 4.95. The van der Waals surface area contributed by atoms with Crippen LogP contribution in [-0.4, -0.2) is 23.1 Å². The standard InChI is InChI=1S/C24H24N2O3/c27-23(28)16-15-22(17-18-7-3-1-4-8-18)26-24(29)25-21-13-11-20(12-14-21)19-9-5-2-6-10-19/h1-14,22H,15-17H2,(H,27,28)(H2,25,26,29)/t22-/m1/s1. The summed E-state index contributed by atoms with van der Waals surface area (Å²) in [6.07, 6.45) is 0.947. The van der Waals surface area contributed by atoms with Crippen molar-refractivity contribution in [3.8, 4) is 11.1 Å². The summed E-state index contributed by atoms with van der Waals surface area (Å²) in [7, 11) is 0. The van der Waals surface area contributed by atoms with E-state index in [1.807, 2.05) is 84.9 Å². The Kier molecular flexibility index (Phi) is 7.00. The van der Waals surface area contributed by atoms with E-state index in [0.717, 1.165) is 16.7 Å². The zero-order chi connectivity index (χ0) is 20.5. The van der Waals surface area contributed by atoms with Crippen LogP contribution in [0.4, 0.5) is 10.5 Å². The normalized spacial score (nSPS) is 11.4. The lowest BCUT2D eigenvalue weighted by Gasteiger charge is -2.19. The van der Waals surface area contributed by atoms with Crippen LogP contribution in [0.3, 0.4) is 0 Å². The molecule has 5 heteroatoms. The van der Waals surface area contributed by atoms with Crippen molar-refractivity contribution in [1.29, 1.82) is 0 Å². The Morgan fingerprint density at radius 2 is 1.38 bits per heavy atom. The molecule has 3 aromatic carbocycles. The average Bonchev–Trinajstić information content (AvgIpc) is 2.74. The summed E-state index contributed by atoms with van der Waals surface area (Å²) < 4.78 is 0. The second-order valence-electron chi connectivity index (χ2n) is 6.86. The highest BCUT2D eigenvalue weighted by Gasteiger charge is 2.15. The molecule has 3 aromatic rings. The van der Waals surface area contributed by atoms with Gasteiger partial charge in [0, 0.05) is 18.2 Å². The first kappa shape index (κ1) is 20.1. The molecule has 0 aliphatic carbocycles. The van der Waals surface area contributed by atoms with Crippen LogP contribution in [-0.2, 0) is 11.2 Å². The fourth-order valence-electron chi connectivity index (χ4n) is 3.15. The van der Waals surface area contributed by atoms with E-state index >= 15 is 0 Å². The van der Waals surface area contributed by atoms with Crippen molar-refractivity contribution in [1.82, 2.24) is 5.32 Å². The zero-order valence-corrected chi connectivity index (χ0v) is 16.0. The van der Waals surface area contributed by atoms with Crippen LogP contribution in [0.2, 0.25) is 0 Å². The first-order valence-electron chi connectivity index (χ1n) is 9.59. The Morgan fingerprint density at radius 3 is 2.00 bits per heavy atom. The van der Waals surface area contributed by atoms with Gasteiger partial charge in [-0.1, -0.05) is 72.8 Å². The Labute approximate surface area is 170 Å². The molecule has 0 spiro atoms. The summed E-state index contributed by atoms with van der Waals surface area (Å²) in [4.78, 5) is 23.4. The smallest absolute Gasteiger partial charge is 0.319 e. The molecule has 148 valence electrons. The van der Waals surface area contributed by atoms with E-state index in [2.05, 4.69) is 10.6 Å². The number of hydrogen-bond acceptors (Lipinski definition) is 2. The van der Waals surface area contributed by atoms with Gasteiger partial charge in [0.25, 0.3) is 0 Å². The third-order valence-electron chi connectivity index (χ3n) is 4.62. The second-order valence-corrected chi connectivity index (χ2v) is 6.86. The maximum absolute atomic E-state index is 12.4. The van der Waals surface area contributed by atoms with E-state index in [4.69, 9.17) is 5.11 Å². The lowest BCUT2D eigenvalue weighted by Crippen LogP contribution is -2.39. The Balaban J connectivity index is 1.60. The molecule has 3 N–H and O–H groups in total. The quantitative estimate of drug-likeness (QED) is 0.511. The summed E-state index contributed by atoms with van der Waals surface area (Å²) in [5.74, 6) is -0.873. The number of urea groups is 1. The van der Waals surface area contributed by atoms with Gasteiger partial charge in [-0.15, -0.1) is 0 Å². The maximum atomic E-state index is 12.4. The Hall–Kier alpha value is -3.60. The molecule has 0 saturated heterocycles. The number of hydrogen-bond donors (Lipinski definition) is 3. The fourth-order valence-corrected chi connectivity index (χ4v) is 3.15. The van der Waals surface area contributed by atoms with Crippen LogP contribution >= 0.6 is 0 Å². The van der Waals surface area contributed by atoms with Gasteiger partial charge in [-0.25, -0.2) is 4.79 Å². The van der Waals surface area contributed by atoms with E-state index in [-0.39, 0.29) is 18.5 Å². The predicted molar refractivity (Wildman–Crippen MR) is 115 cm³/mol. The highest BCUT2D eigenvalue weighted by molar-refractivity contribution is 5.89. The van der Waals surface area contributed by atoms with Crippen molar-refractivity contribution >= 4 is 17.7 Å². The largest absolute Gasteiger partial charge is 0.481 e. The van der Waals surface area contributed by atoms with Crippen molar-refractivity contribution in [2.24, 2.45) is 0 Å². The first-order valence-corrected chi connectivity index (χ1v) is 9.59. The van der Waals surface area contributed by atoms with E-state index in [0.29, 0.717) is 18.5 Å².